The molecule has 0 bridgehead atoms. The maximum absolute atomic E-state index is 2.66. The maximum atomic E-state index is 2.66. The molecule has 0 N–H and O–H groups in total. The third-order valence-electron chi connectivity index (χ3n) is 10.3. The van der Waals surface area contributed by atoms with E-state index in [4.69, 9.17) is 0 Å². The lowest BCUT2D eigenvalue weighted by Gasteiger charge is -2.43. The predicted octanol–water partition coefficient (Wildman–Crippen LogP) is 9.85. The Bertz CT molecular complexity index is 2750. The van der Waals surface area contributed by atoms with Crippen LogP contribution in [0.1, 0.15) is 5.56 Å². The van der Waals surface area contributed by atoms with Gasteiger partial charge in [-0.2, -0.15) is 0 Å². The van der Waals surface area contributed by atoms with E-state index in [0.717, 1.165) is 0 Å². The number of para-hydroxylation sites is 3. The summed E-state index contributed by atoms with van der Waals surface area (Å²) in [4.78, 5) is 2.66. The predicted molar refractivity (Wildman–Crippen MR) is 195 cm³/mol. The van der Waals surface area contributed by atoms with E-state index >= 15 is 0 Å². The average Bonchev–Trinajstić information content (AvgIpc) is 3.62. The van der Waals surface area contributed by atoms with E-state index in [1.807, 2.05) is 11.3 Å². The van der Waals surface area contributed by atoms with Crippen molar-refractivity contribution in [3.8, 4) is 16.8 Å². The molecular weight excluding hydrogens is 563 g/mol. The lowest BCUT2D eigenvalue weighted by atomic mass is 9.43. The molecule has 2 nitrogen and oxygen atoms in total. The lowest BCUT2D eigenvalue weighted by Crippen LogP contribution is -2.60. The smallest absolute Gasteiger partial charge is 0.333 e. The molecular formula is C41H25BN2S. The number of aromatic nitrogens is 1. The summed E-state index contributed by atoms with van der Waals surface area (Å²) in [6, 6.07) is 50.1. The summed E-state index contributed by atoms with van der Waals surface area (Å²) >= 11 is 1.90. The number of hydrogen-bond donors (Lipinski definition) is 0. The Labute approximate surface area is 264 Å². The summed E-state index contributed by atoms with van der Waals surface area (Å²) in [5, 5.41) is 7.89. The molecule has 11 rings (SSSR count). The van der Waals surface area contributed by atoms with Crippen molar-refractivity contribution < 1.29 is 0 Å². The van der Waals surface area contributed by atoms with Crippen LogP contribution in [-0.2, 0) is 0 Å². The van der Waals surface area contributed by atoms with Crippen molar-refractivity contribution in [1.82, 2.24) is 4.57 Å². The van der Waals surface area contributed by atoms with Crippen LogP contribution in [0.25, 0.3) is 69.6 Å². The Hall–Kier alpha value is -5.32. The number of fused-ring (bicyclic) bond motifs is 12. The van der Waals surface area contributed by atoms with Crippen LogP contribution in [0.5, 0.6) is 0 Å². The maximum Gasteiger partial charge on any atom is 0.333 e. The van der Waals surface area contributed by atoms with Gasteiger partial charge in [0.15, 0.2) is 0 Å². The summed E-state index contributed by atoms with van der Waals surface area (Å²) < 4.78 is 5.23. The van der Waals surface area contributed by atoms with Gasteiger partial charge in [0.05, 0.1) is 11.0 Å². The molecule has 2 aliphatic rings. The lowest BCUT2D eigenvalue weighted by molar-refractivity contribution is 1.18. The van der Waals surface area contributed by atoms with E-state index in [0.29, 0.717) is 0 Å². The minimum Gasteiger partial charge on any atom is -0.376 e. The molecule has 0 fully saturated rings. The first-order valence-corrected chi connectivity index (χ1v) is 16.5. The standard InChI is InChI=1S/C41H25BN2S/c1-24-11-2-7-18-33(24)44-35-22-30-28-15-6-9-20-37(28)45-38(30)23-31(35)39-26-13-4-3-12-25(26)21-36-40(39)42(44)32-17-10-16-29-27-14-5-8-19-34(27)43(36)41(29)32/h2-23H,1H3. The van der Waals surface area contributed by atoms with Crippen LogP contribution in [0.4, 0.5) is 11.4 Å². The van der Waals surface area contributed by atoms with E-state index in [-0.39, 0.29) is 6.85 Å². The van der Waals surface area contributed by atoms with E-state index in [2.05, 4.69) is 150 Å². The Kier molecular flexibility index (Phi) is 4.51. The van der Waals surface area contributed by atoms with Crippen LogP contribution in [0, 0.1) is 6.92 Å². The number of hydrogen-bond acceptors (Lipinski definition) is 2. The van der Waals surface area contributed by atoms with Crippen LogP contribution in [0.2, 0.25) is 0 Å². The number of benzene rings is 7. The molecule has 0 amide bonds. The summed E-state index contributed by atoms with van der Waals surface area (Å²) in [6.07, 6.45) is 0. The van der Waals surface area contributed by atoms with Crippen molar-refractivity contribution in [3.63, 3.8) is 0 Å². The zero-order valence-electron chi connectivity index (χ0n) is 24.6. The van der Waals surface area contributed by atoms with E-state index in [1.165, 1.54) is 97.4 Å². The van der Waals surface area contributed by atoms with Crippen molar-refractivity contribution in [1.29, 1.82) is 0 Å². The minimum atomic E-state index is 0.0241. The highest BCUT2D eigenvalue weighted by molar-refractivity contribution is 7.25. The monoisotopic (exact) mass is 588 g/mol. The van der Waals surface area contributed by atoms with Crippen molar-refractivity contribution in [2.24, 2.45) is 0 Å². The van der Waals surface area contributed by atoms with Crippen molar-refractivity contribution in [2.45, 2.75) is 6.92 Å². The van der Waals surface area contributed by atoms with Gasteiger partial charge in [0.25, 0.3) is 0 Å². The molecule has 208 valence electrons. The van der Waals surface area contributed by atoms with Gasteiger partial charge in [0.2, 0.25) is 0 Å². The van der Waals surface area contributed by atoms with Gasteiger partial charge in [-0.15, -0.1) is 11.3 Å². The topological polar surface area (TPSA) is 8.17 Å². The molecule has 0 unspecified atom stereocenters. The number of rotatable bonds is 1. The van der Waals surface area contributed by atoms with E-state index < -0.39 is 0 Å². The Morgan fingerprint density at radius 1 is 0.556 bits per heavy atom. The first-order chi connectivity index (χ1) is 22.3. The molecule has 9 aromatic rings. The second-order valence-corrected chi connectivity index (χ2v) is 13.6. The van der Waals surface area contributed by atoms with Crippen LogP contribution >= 0.6 is 11.3 Å². The molecule has 0 saturated heterocycles. The second-order valence-electron chi connectivity index (χ2n) is 12.5. The summed E-state index contributed by atoms with van der Waals surface area (Å²) in [5.74, 6) is 0. The first kappa shape index (κ1) is 24.1. The minimum absolute atomic E-state index is 0.0241. The van der Waals surface area contributed by atoms with Crippen molar-refractivity contribution in [2.75, 3.05) is 4.81 Å². The number of aryl methyl sites for hydroxylation is 1. The number of nitrogens with zero attached hydrogens (tertiary/aromatic N) is 2. The molecule has 0 radical (unpaired) electrons. The van der Waals surface area contributed by atoms with Gasteiger partial charge in [-0.1, -0.05) is 97.1 Å². The third kappa shape index (κ3) is 2.96. The van der Waals surface area contributed by atoms with Gasteiger partial charge in [-0.3, -0.25) is 0 Å². The van der Waals surface area contributed by atoms with Crippen LogP contribution in [-0.4, -0.2) is 11.4 Å². The second kappa shape index (κ2) is 8.44. The highest BCUT2D eigenvalue weighted by Crippen LogP contribution is 2.50. The van der Waals surface area contributed by atoms with Gasteiger partial charge in [-0.25, -0.2) is 0 Å². The fraction of sp³-hybridized carbons (Fsp3) is 0.0244. The first-order valence-electron chi connectivity index (χ1n) is 15.6. The molecule has 45 heavy (non-hydrogen) atoms. The van der Waals surface area contributed by atoms with Gasteiger partial charge < -0.3 is 9.38 Å². The highest BCUT2D eigenvalue weighted by atomic mass is 32.1. The van der Waals surface area contributed by atoms with E-state index in [9.17, 15) is 0 Å². The molecule has 4 heteroatoms. The normalized spacial score (nSPS) is 13.4. The zero-order chi connectivity index (χ0) is 29.4. The molecule has 2 aromatic heterocycles. The fourth-order valence-electron chi connectivity index (χ4n) is 8.44. The Morgan fingerprint density at radius 2 is 1.31 bits per heavy atom. The third-order valence-corrected chi connectivity index (χ3v) is 11.4. The summed E-state index contributed by atoms with van der Waals surface area (Å²) in [6.45, 7) is 2.28. The average molecular weight is 589 g/mol. The molecule has 7 aromatic carbocycles. The number of anilines is 2. The van der Waals surface area contributed by atoms with Gasteiger partial charge in [0.1, 0.15) is 0 Å². The summed E-state index contributed by atoms with van der Waals surface area (Å²) in [7, 11) is 0. The quantitative estimate of drug-likeness (QED) is 0.173. The van der Waals surface area contributed by atoms with Crippen LogP contribution in [0.3, 0.4) is 0 Å². The van der Waals surface area contributed by atoms with Gasteiger partial charge >= 0.3 is 6.85 Å². The molecule has 4 heterocycles. The molecule has 0 saturated carbocycles. The van der Waals surface area contributed by atoms with Crippen LogP contribution < -0.4 is 15.7 Å². The molecule has 2 aliphatic heterocycles. The fourth-order valence-corrected chi connectivity index (χ4v) is 9.57. The molecule has 0 atom stereocenters. The van der Waals surface area contributed by atoms with Gasteiger partial charge in [0, 0.05) is 53.6 Å². The Morgan fingerprint density at radius 3 is 2.22 bits per heavy atom. The number of thiophene rings is 1. The van der Waals surface area contributed by atoms with Crippen molar-refractivity contribution >= 4 is 93.2 Å². The molecule has 0 aliphatic carbocycles. The summed E-state index contributed by atoms with van der Waals surface area (Å²) in [5.41, 5.74) is 13.1. The zero-order valence-corrected chi connectivity index (χ0v) is 25.4. The SMILES string of the molecule is Cc1ccccc1N1B2c3c(cc4ccccc4c3-c3cc4sc5ccccc5c4cc31)-n1c3ccccc3c3cccc2c31. The van der Waals surface area contributed by atoms with Gasteiger partial charge in [-0.05, 0) is 76.1 Å². The Balaban J connectivity index is 1.40. The van der Waals surface area contributed by atoms with Crippen LogP contribution in [0.15, 0.2) is 133 Å². The highest BCUT2D eigenvalue weighted by Gasteiger charge is 2.44. The largest absolute Gasteiger partial charge is 0.376 e. The van der Waals surface area contributed by atoms with E-state index in [1.54, 1.807) is 0 Å². The van der Waals surface area contributed by atoms with Crippen molar-refractivity contribution in [3.05, 3.63) is 139 Å². The molecule has 0 spiro atoms.